The summed E-state index contributed by atoms with van der Waals surface area (Å²) >= 11 is 0. The van der Waals surface area contributed by atoms with E-state index in [2.05, 4.69) is 46.4 Å². The van der Waals surface area contributed by atoms with Gasteiger partial charge in [0.15, 0.2) is 0 Å². The van der Waals surface area contributed by atoms with Crippen molar-refractivity contribution in [2.24, 2.45) is 17.1 Å². The van der Waals surface area contributed by atoms with Crippen molar-refractivity contribution in [3.05, 3.63) is 0 Å². The van der Waals surface area contributed by atoms with E-state index in [4.69, 9.17) is 5.73 Å². The first-order valence-corrected chi connectivity index (χ1v) is 6.26. The Morgan fingerprint density at radius 3 is 2.20 bits per heavy atom. The summed E-state index contributed by atoms with van der Waals surface area (Å²) in [6.07, 6.45) is 1.26. The lowest BCUT2D eigenvalue weighted by atomic mass is 9.79. The summed E-state index contributed by atoms with van der Waals surface area (Å²) in [6, 6.07) is 1.95. The second-order valence-electron chi connectivity index (χ2n) is 6.43. The molecule has 0 amide bonds. The second kappa shape index (κ2) is 4.42. The number of likely N-dealkylation sites (tertiary alicyclic amines) is 1. The maximum Gasteiger partial charge on any atom is 0.0190 e. The van der Waals surface area contributed by atoms with Gasteiger partial charge in [0.1, 0.15) is 0 Å². The largest absolute Gasteiger partial charge is 0.330 e. The smallest absolute Gasteiger partial charge is 0.0190 e. The van der Waals surface area contributed by atoms with Gasteiger partial charge in [0.2, 0.25) is 0 Å². The van der Waals surface area contributed by atoms with Crippen LogP contribution in [0.4, 0.5) is 0 Å². The molecule has 2 nitrogen and oxygen atoms in total. The van der Waals surface area contributed by atoms with Crippen molar-refractivity contribution in [1.82, 2.24) is 4.90 Å². The molecule has 1 fully saturated rings. The van der Waals surface area contributed by atoms with Crippen molar-refractivity contribution in [1.29, 1.82) is 0 Å². The lowest BCUT2D eigenvalue weighted by Crippen LogP contribution is -2.49. The van der Waals surface area contributed by atoms with Gasteiger partial charge in [-0.25, -0.2) is 0 Å². The lowest BCUT2D eigenvalue weighted by Gasteiger charge is -2.41. The van der Waals surface area contributed by atoms with Crippen molar-refractivity contribution in [2.45, 2.75) is 66.1 Å². The van der Waals surface area contributed by atoms with Crippen LogP contribution >= 0.6 is 0 Å². The summed E-state index contributed by atoms with van der Waals surface area (Å²) in [6.45, 7) is 14.8. The van der Waals surface area contributed by atoms with Gasteiger partial charge in [0.05, 0.1) is 0 Å². The Balaban J connectivity index is 2.93. The minimum absolute atomic E-state index is 0.332. The normalized spacial score (nSPS) is 34.0. The highest BCUT2D eigenvalue weighted by molar-refractivity contribution is 4.99. The van der Waals surface area contributed by atoms with Crippen molar-refractivity contribution in [2.75, 3.05) is 6.54 Å². The van der Waals surface area contributed by atoms with Crippen LogP contribution in [-0.4, -0.2) is 29.6 Å². The third kappa shape index (κ3) is 2.54. The Labute approximate surface area is 95.2 Å². The summed E-state index contributed by atoms with van der Waals surface area (Å²) in [5, 5.41) is 0. The molecular weight excluding hydrogens is 184 g/mol. The van der Waals surface area contributed by atoms with Crippen LogP contribution in [0, 0.1) is 11.3 Å². The Bertz CT molecular complexity index is 205. The SMILES string of the molecule is CC(C)N1C(C(C)(C)C)[C@H](CN)C[C@H]1C. The molecule has 0 aromatic carbocycles. The molecule has 0 aliphatic carbocycles. The summed E-state index contributed by atoms with van der Waals surface area (Å²) in [7, 11) is 0. The molecule has 0 aromatic rings. The molecule has 3 atom stereocenters. The zero-order chi connectivity index (χ0) is 11.8. The van der Waals surface area contributed by atoms with E-state index in [0.29, 0.717) is 29.5 Å². The lowest BCUT2D eigenvalue weighted by molar-refractivity contribution is 0.0657. The first kappa shape index (κ1) is 13.0. The van der Waals surface area contributed by atoms with Crippen molar-refractivity contribution < 1.29 is 0 Å². The molecule has 1 rings (SSSR count). The number of nitrogens with zero attached hydrogens (tertiary/aromatic N) is 1. The van der Waals surface area contributed by atoms with Crippen LogP contribution < -0.4 is 5.73 Å². The maximum atomic E-state index is 5.92. The Morgan fingerprint density at radius 2 is 1.87 bits per heavy atom. The molecule has 1 unspecified atom stereocenters. The molecule has 0 aromatic heterocycles. The first-order valence-electron chi connectivity index (χ1n) is 6.26. The van der Waals surface area contributed by atoms with E-state index in [-0.39, 0.29) is 0 Å². The standard InChI is InChI=1S/C13H28N2/c1-9(2)15-10(3)7-11(8-14)12(15)13(4,5)6/h9-12H,7-8,14H2,1-6H3/t10-,11+,12?/m1/s1. The van der Waals surface area contributed by atoms with E-state index in [9.17, 15) is 0 Å². The monoisotopic (exact) mass is 212 g/mol. The molecule has 2 N–H and O–H groups in total. The molecule has 1 aliphatic heterocycles. The third-order valence-electron chi connectivity index (χ3n) is 3.71. The van der Waals surface area contributed by atoms with E-state index in [1.54, 1.807) is 0 Å². The highest BCUT2D eigenvalue weighted by Crippen LogP contribution is 2.40. The molecule has 90 valence electrons. The minimum Gasteiger partial charge on any atom is -0.330 e. The van der Waals surface area contributed by atoms with Gasteiger partial charge in [0.25, 0.3) is 0 Å². The first-order chi connectivity index (χ1) is 6.79. The maximum absolute atomic E-state index is 5.92. The fourth-order valence-electron chi connectivity index (χ4n) is 3.42. The van der Waals surface area contributed by atoms with E-state index < -0.39 is 0 Å². The topological polar surface area (TPSA) is 29.3 Å². The average Bonchev–Trinajstić information content (AvgIpc) is 2.41. The molecule has 1 saturated heterocycles. The van der Waals surface area contributed by atoms with Crippen LogP contribution in [0.15, 0.2) is 0 Å². The molecule has 1 heterocycles. The van der Waals surface area contributed by atoms with Gasteiger partial charge in [-0.3, -0.25) is 4.90 Å². The highest BCUT2D eigenvalue weighted by atomic mass is 15.2. The summed E-state index contributed by atoms with van der Waals surface area (Å²) < 4.78 is 0. The van der Waals surface area contributed by atoms with E-state index in [1.165, 1.54) is 6.42 Å². The van der Waals surface area contributed by atoms with Crippen LogP contribution in [0.2, 0.25) is 0 Å². The molecule has 0 saturated carbocycles. The molecular formula is C13H28N2. The van der Waals surface area contributed by atoms with Gasteiger partial charge in [-0.15, -0.1) is 0 Å². The van der Waals surface area contributed by atoms with Crippen molar-refractivity contribution in [3.8, 4) is 0 Å². The van der Waals surface area contributed by atoms with Gasteiger partial charge in [-0.2, -0.15) is 0 Å². The van der Waals surface area contributed by atoms with Crippen LogP contribution in [0.1, 0.15) is 48.0 Å². The fourth-order valence-corrected chi connectivity index (χ4v) is 3.42. The highest BCUT2D eigenvalue weighted by Gasteiger charge is 2.45. The van der Waals surface area contributed by atoms with E-state index in [0.717, 1.165) is 6.54 Å². The molecule has 15 heavy (non-hydrogen) atoms. The second-order valence-corrected chi connectivity index (χ2v) is 6.43. The predicted molar refractivity (Wildman–Crippen MR) is 66.8 cm³/mol. The van der Waals surface area contributed by atoms with E-state index in [1.807, 2.05) is 0 Å². The van der Waals surface area contributed by atoms with Gasteiger partial charge in [-0.1, -0.05) is 20.8 Å². The fraction of sp³-hybridized carbons (Fsp3) is 1.00. The number of rotatable bonds is 2. The Morgan fingerprint density at radius 1 is 1.33 bits per heavy atom. The molecule has 2 heteroatoms. The minimum atomic E-state index is 0.332. The predicted octanol–water partition coefficient (Wildman–Crippen LogP) is 2.48. The van der Waals surface area contributed by atoms with Crippen LogP contribution in [0.25, 0.3) is 0 Å². The zero-order valence-electron chi connectivity index (χ0n) is 11.2. The van der Waals surface area contributed by atoms with Crippen LogP contribution in [0.5, 0.6) is 0 Å². The molecule has 1 aliphatic rings. The van der Waals surface area contributed by atoms with Crippen molar-refractivity contribution >= 4 is 0 Å². The third-order valence-corrected chi connectivity index (χ3v) is 3.71. The molecule has 0 radical (unpaired) electrons. The van der Waals surface area contributed by atoms with Gasteiger partial charge in [0, 0.05) is 18.1 Å². The number of hydrogen-bond acceptors (Lipinski definition) is 2. The summed E-state index contributed by atoms with van der Waals surface area (Å²) in [5.41, 5.74) is 6.25. The summed E-state index contributed by atoms with van der Waals surface area (Å²) in [4.78, 5) is 2.66. The average molecular weight is 212 g/mol. The molecule has 0 bridgehead atoms. The van der Waals surface area contributed by atoms with E-state index >= 15 is 0 Å². The van der Waals surface area contributed by atoms with Crippen LogP contribution in [-0.2, 0) is 0 Å². The summed E-state index contributed by atoms with van der Waals surface area (Å²) in [5.74, 6) is 0.669. The molecule has 0 spiro atoms. The number of nitrogens with two attached hydrogens (primary N) is 1. The quantitative estimate of drug-likeness (QED) is 0.762. The van der Waals surface area contributed by atoms with Gasteiger partial charge < -0.3 is 5.73 Å². The zero-order valence-corrected chi connectivity index (χ0v) is 11.2. The van der Waals surface area contributed by atoms with Gasteiger partial charge in [-0.05, 0) is 45.1 Å². The number of hydrogen-bond donors (Lipinski definition) is 1. The van der Waals surface area contributed by atoms with Crippen LogP contribution in [0.3, 0.4) is 0 Å². The Hall–Kier alpha value is -0.0800. The van der Waals surface area contributed by atoms with Crippen molar-refractivity contribution in [3.63, 3.8) is 0 Å². The van der Waals surface area contributed by atoms with Gasteiger partial charge >= 0.3 is 0 Å². The Kier molecular flexibility index (Phi) is 3.83.